The molecule has 176 valence electrons. The van der Waals surface area contributed by atoms with Gasteiger partial charge in [-0.3, -0.25) is 19.0 Å². The maximum atomic E-state index is 13.8. The number of rotatable bonds is 4. The predicted molar refractivity (Wildman–Crippen MR) is 134 cm³/mol. The van der Waals surface area contributed by atoms with Crippen molar-refractivity contribution in [3.05, 3.63) is 94.3 Å². The molecule has 10 nitrogen and oxygen atoms in total. The minimum Gasteiger partial charge on any atom is -0.381 e. The number of benzene rings is 2. The summed E-state index contributed by atoms with van der Waals surface area (Å²) in [6.45, 7) is 1.72. The lowest BCUT2D eigenvalue weighted by Crippen LogP contribution is -2.33. The number of fused-ring (bicyclic) bond motifs is 2. The number of para-hydroxylation sites is 1. The molecule has 3 aromatic heterocycles. The summed E-state index contributed by atoms with van der Waals surface area (Å²) in [4.78, 5) is 46.8. The minimum atomic E-state index is -0.711. The molecule has 0 radical (unpaired) electrons. The molecule has 0 spiro atoms. The van der Waals surface area contributed by atoms with Gasteiger partial charge < -0.3 is 11.1 Å². The molecular weight excluding hydrogens is 458 g/mol. The van der Waals surface area contributed by atoms with E-state index in [2.05, 4.69) is 27.2 Å². The number of nitrogens with one attached hydrogen (secondary N) is 1. The zero-order chi connectivity index (χ0) is 25.2. The second-order valence-corrected chi connectivity index (χ2v) is 7.88. The van der Waals surface area contributed by atoms with Crippen LogP contribution < -0.4 is 16.6 Å². The third-order valence-electron chi connectivity index (χ3n) is 5.59. The van der Waals surface area contributed by atoms with E-state index in [4.69, 9.17) is 10.7 Å². The van der Waals surface area contributed by atoms with Crippen LogP contribution in [0.1, 0.15) is 34.7 Å². The van der Waals surface area contributed by atoms with Crippen LogP contribution in [0.15, 0.2) is 71.8 Å². The van der Waals surface area contributed by atoms with Crippen LogP contribution in [0.5, 0.6) is 0 Å². The maximum Gasteiger partial charge on any atom is 0.267 e. The van der Waals surface area contributed by atoms with E-state index in [1.807, 2.05) is 6.07 Å². The van der Waals surface area contributed by atoms with Gasteiger partial charge in [0.2, 0.25) is 0 Å². The fraction of sp³-hybridized carbons (Fsp3) is 0.0769. The van der Waals surface area contributed by atoms with Crippen LogP contribution >= 0.6 is 0 Å². The van der Waals surface area contributed by atoms with Crippen molar-refractivity contribution in [1.29, 1.82) is 0 Å². The van der Waals surface area contributed by atoms with E-state index in [0.717, 1.165) is 0 Å². The third kappa shape index (κ3) is 3.84. The first kappa shape index (κ1) is 22.5. The number of hydrogen-bond donors (Lipinski definition) is 2. The Labute approximate surface area is 204 Å². The molecule has 5 aromatic rings. The Morgan fingerprint density at radius 3 is 2.72 bits per heavy atom. The van der Waals surface area contributed by atoms with Crippen LogP contribution in [0.25, 0.3) is 22.2 Å². The molecule has 0 bridgehead atoms. The summed E-state index contributed by atoms with van der Waals surface area (Å²) >= 11 is 0. The van der Waals surface area contributed by atoms with Gasteiger partial charge in [-0.1, -0.05) is 30.2 Å². The molecule has 1 atom stereocenters. The van der Waals surface area contributed by atoms with Crippen molar-refractivity contribution >= 4 is 34.6 Å². The van der Waals surface area contributed by atoms with Gasteiger partial charge in [0, 0.05) is 18.0 Å². The first-order valence-corrected chi connectivity index (χ1v) is 11.0. The highest BCUT2D eigenvalue weighted by Crippen LogP contribution is 2.22. The van der Waals surface area contributed by atoms with E-state index in [1.165, 1.54) is 9.08 Å². The van der Waals surface area contributed by atoms with Crippen molar-refractivity contribution < 1.29 is 9.59 Å². The highest BCUT2D eigenvalue weighted by Gasteiger charge is 2.24. The quantitative estimate of drug-likeness (QED) is 0.298. The Morgan fingerprint density at radius 1 is 1.14 bits per heavy atom. The molecule has 0 saturated carbocycles. The standard InChI is InChI=1S/C26H19N7O3/c1-16(29-25(35)21-22(27)31-32-14-7-13-28-24(21)32)23-30-19-12-5-8-17(9-6-15-34)20(19)26(36)33(23)18-10-3-2-4-11-18/h2-5,7-8,10-16H,1H3,(H2,27,31)(H,29,35)/t16-/m1/s1. The molecule has 0 unspecified atom stereocenters. The number of anilines is 1. The summed E-state index contributed by atoms with van der Waals surface area (Å²) in [6.07, 6.45) is 3.65. The maximum absolute atomic E-state index is 13.8. The smallest absolute Gasteiger partial charge is 0.267 e. The second-order valence-electron chi connectivity index (χ2n) is 7.88. The van der Waals surface area contributed by atoms with Gasteiger partial charge in [-0.05, 0) is 43.2 Å². The van der Waals surface area contributed by atoms with Gasteiger partial charge in [0.05, 0.1) is 22.6 Å². The SMILES string of the molecule is C[C@@H](NC(=O)c1c(N)nn2cccnc12)c1nc2cccc(C#CC=O)c2c(=O)n1-c1ccccc1. The number of nitrogens with two attached hydrogens (primary N) is 1. The molecule has 0 fully saturated rings. The summed E-state index contributed by atoms with van der Waals surface area (Å²) in [6, 6.07) is 15.0. The van der Waals surface area contributed by atoms with Crippen molar-refractivity contribution in [1.82, 2.24) is 29.5 Å². The lowest BCUT2D eigenvalue weighted by Gasteiger charge is -2.20. The van der Waals surface area contributed by atoms with Crippen molar-refractivity contribution in [2.45, 2.75) is 13.0 Å². The Hall–Kier alpha value is -5.30. The summed E-state index contributed by atoms with van der Waals surface area (Å²) < 4.78 is 2.85. The van der Waals surface area contributed by atoms with Crippen LogP contribution in [-0.2, 0) is 4.79 Å². The number of hydrogen-bond acceptors (Lipinski definition) is 7. The average molecular weight is 477 g/mol. The van der Waals surface area contributed by atoms with Crippen LogP contribution in [0.3, 0.4) is 0 Å². The van der Waals surface area contributed by atoms with Gasteiger partial charge in [0.25, 0.3) is 11.5 Å². The van der Waals surface area contributed by atoms with Crippen molar-refractivity contribution in [3.8, 4) is 17.5 Å². The van der Waals surface area contributed by atoms with Crippen LogP contribution in [0.2, 0.25) is 0 Å². The first-order valence-electron chi connectivity index (χ1n) is 11.0. The lowest BCUT2D eigenvalue weighted by molar-refractivity contribution is -0.103. The molecule has 1 amide bonds. The summed E-state index contributed by atoms with van der Waals surface area (Å²) in [5, 5.41) is 7.28. The van der Waals surface area contributed by atoms with Gasteiger partial charge in [-0.15, -0.1) is 5.10 Å². The Bertz CT molecular complexity index is 1760. The van der Waals surface area contributed by atoms with Gasteiger partial charge in [0.15, 0.2) is 17.8 Å². The van der Waals surface area contributed by atoms with Gasteiger partial charge >= 0.3 is 0 Å². The molecule has 0 saturated heterocycles. The van der Waals surface area contributed by atoms with E-state index < -0.39 is 11.9 Å². The molecule has 2 aromatic carbocycles. The molecule has 3 N–H and O–H groups in total. The zero-order valence-electron chi connectivity index (χ0n) is 19.0. The fourth-order valence-electron chi connectivity index (χ4n) is 4.03. The van der Waals surface area contributed by atoms with E-state index in [-0.39, 0.29) is 22.3 Å². The highest BCUT2D eigenvalue weighted by molar-refractivity contribution is 6.04. The molecule has 5 rings (SSSR count). The Balaban J connectivity index is 1.66. The van der Waals surface area contributed by atoms with Crippen molar-refractivity contribution in [2.24, 2.45) is 0 Å². The molecule has 0 aliphatic carbocycles. The monoisotopic (exact) mass is 477 g/mol. The highest BCUT2D eigenvalue weighted by atomic mass is 16.2. The van der Waals surface area contributed by atoms with Gasteiger partial charge in [-0.25, -0.2) is 14.5 Å². The van der Waals surface area contributed by atoms with Gasteiger partial charge in [0.1, 0.15) is 11.4 Å². The Morgan fingerprint density at radius 2 is 1.94 bits per heavy atom. The largest absolute Gasteiger partial charge is 0.381 e. The van der Waals surface area contributed by atoms with E-state index in [1.54, 1.807) is 67.8 Å². The Kier molecular flexibility index (Phi) is 5.72. The topological polar surface area (TPSA) is 137 Å². The number of carbonyl (C=O) groups excluding carboxylic acids is 2. The lowest BCUT2D eigenvalue weighted by atomic mass is 10.1. The number of amides is 1. The van der Waals surface area contributed by atoms with Crippen LogP contribution in [0.4, 0.5) is 5.82 Å². The normalized spacial score (nSPS) is 11.6. The number of carbonyl (C=O) groups is 2. The average Bonchev–Trinajstić information content (AvgIpc) is 3.23. The van der Waals surface area contributed by atoms with Crippen LogP contribution in [-0.4, -0.2) is 36.3 Å². The second kappa shape index (κ2) is 9.15. The number of nitrogen functional groups attached to an aromatic ring is 1. The molecule has 10 heteroatoms. The summed E-state index contributed by atoms with van der Waals surface area (Å²) in [7, 11) is 0. The summed E-state index contributed by atoms with van der Waals surface area (Å²) in [5.41, 5.74) is 7.39. The molecular formula is C26H19N7O3. The zero-order valence-corrected chi connectivity index (χ0v) is 19.0. The third-order valence-corrected chi connectivity index (χ3v) is 5.59. The minimum absolute atomic E-state index is 0.0312. The first-order chi connectivity index (χ1) is 17.5. The van der Waals surface area contributed by atoms with Crippen LogP contribution in [0, 0.1) is 11.8 Å². The number of nitrogens with zero attached hydrogens (tertiary/aromatic N) is 5. The molecule has 0 aliphatic rings. The van der Waals surface area contributed by atoms with Crippen molar-refractivity contribution in [2.75, 3.05) is 5.73 Å². The fourth-order valence-corrected chi connectivity index (χ4v) is 4.03. The summed E-state index contributed by atoms with van der Waals surface area (Å²) in [5.74, 6) is 4.89. The molecule has 0 aliphatic heterocycles. The number of aldehydes is 1. The van der Waals surface area contributed by atoms with E-state index in [9.17, 15) is 14.4 Å². The van der Waals surface area contributed by atoms with Gasteiger partial charge in [-0.2, -0.15) is 0 Å². The van der Waals surface area contributed by atoms with Crippen molar-refractivity contribution in [3.63, 3.8) is 0 Å². The van der Waals surface area contributed by atoms with E-state index >= 15 is 0 Å². The predicted octanol–water partition coefficient (Wildman–Crippen LogP) is 2.05. The molecule has 3 heterocycles. The van der Waals surface area contributed by atoms with E-state index in [0.29, 0.717) is 34.5 Å². The number of aromatic nitrogens is 5. The molecule has 36 heavy (non-hydrogen) atoms.